The first-order chi connectivity index (χ1) is 16.0. The van der Waals surface area contributed by atoms with Gasteiger partial charge >= 0.3 is 0 Å². The maximum atomic E-state index is 12.7. The standard InChI is InChI=1S/C26H19BrClN3OS/c1-16-5-4-6-17(11-16)14-31-15-18(20-7-2-3-8-23(20)31)12-24-25(32)30-26(33-24)29-19-9-10-21(27)22(28)13-19/h2-13,15H,14H2,1H3,(H,29,30,32)/b24-12-. The third-order valence-electron chi connectivity index (χ3n) is 5.33. The minimum absolute atomic E-state index is 0.155. The van der Waals surface area contributed by atoms with Crippen LogP contribution in [0.25, 0.3) is 17.0 Å². The lowest BCUT2D eigenvalue weighted by Gasteiger charge is -2.06. The predicted octanol–water partition coefficient (Wildman–Crippen LogP) is 7.31. The van der Waals surface area contributed by atoms with Gasteiger partial charge in [0.2, 0.25) is 0 Å². The number of aromatic nitrogens is 1. The second-order valence-corrected chi connectivity index (χ2v) is 10.1. The highest BCUT2D eigenvalue weighted by Crippen LogP contribution is 2.33. The van der Waals surface area contributed by atoms with Gasteiger partial charge in [-0.15, -0.1) is 0 Å². The summed E-state index contributed by atoms with van der Waals surface area (Å²) in [5.41, 5.74) is 5.30. The van der Waals surface area contributed by atoms with Gasteiger partial charge in [0.15, 0.2) is 5.17 Å². The van der Waals surface area contributed by atoms with Crippen LogP contribution in [-0.4, -0.2) is 15.6 Å². The Hall–Kier alpha value is -2.80. The van der Waals surface area contributed by atoms with Crippen molar-refractivity contribution < 1.29 is 4.79 Å². The first-order valence-corrected chi connectivity index (χ1v) is 12.3. The van der Waals surface area contributed by atoms with Crippen LogP contribution in [0, 0.1) is 6.92 Å². The highest BCUT2D eigenvalue weighted by atomic mass is 79.9. The number of nitrogens with zero attached hydrogens (tertiary/aromatic N) is 2. The number of amidine groups is 1. The van der Waals surface area contributed by atoms with E-state index in [1.165, 1.54) is 22.9 Å². The van der Waals surface area contributed by atoms with Crippen LogP contribution in [0.3, 0.4) is 0 Å². The van der Waals surface area contributed by atoms with Crippen LogP contribution in [0.2, 0.25) is 5.02 Å². The number of aliphatic imine (C=N–C) groups is 1. The van der Waals surface area contributed by atoms with E-state index in [1.807, 2.05) is 30.3 Å². The van der Waals surface area contributed by atoms with Gasteiger partial charge in [-0.25, -0.2) is 4.99 Å². The molecule has 0 atom stereocenters. The molecule has 4 nitrogen and oxygen atoms in total. The molecule has 33 heavy (non-hydrogen) atoms. The summed E-state index contributed by atoms with van der Waals surface area (Å²) in [6.45, 7) is 2.87. The second-order valence-electron chi connectivity index (χ2n) is 7.80. The lowest BCUT2D eigenvalue weighted by atomic mass is 10.1. The largest absolute Gasteiger partial charge is 0.342 e. The van der Waals surface area contributed by atoms with Crippen LogP contribution in [0.1, 0.15) is 16.7 Å². The number of aryl methyl sites for hydroxylation is 1. The fraction of sp³-hybridized carbons (Fsp3) is 0.0769. The van der Waals surface area contributed by atoms with Crippen LogP contribution >= 0.6 is 39.3 Å². The number of carbonyl (C=O) groups excluding carboxylic acids is 1. The Balaban J connectivity index is 1.47. The SMILES string of the molecule is Cc1cccc(Cn2cc(/C=C3\SC(=Nc4ccc(Br)c(Cl)c4)NC3=O)c3ccccc32)c1. The van der Waals surface area contributed by atoms with Crippen molar-refractivity contribution in [3.63, 3.8) is 0 Å². The molecule has 0 unspecified atom stereocenters. The molecular formula is C26H19BrClN3OS. The topological polar surface area (TPSA) is 46.4 Å². The minimum atomic E-state index is -0.155. The molecule has 1 aliphatic heterocycles. The van der Waals surface area contributed by atoms with Crippen molar-refractivity contribution in [2.24, 2.45) is 4.99 Å². The van der Waals surface area contributed by atoms with Gasteiger partial charge in [0.1, 0.15) is 0 Å². The molecule has 5 rings (SSSR count). The van der Waals surface area contributed by atoms with E-state index in [2.05, 4.69) is 80.3 Å². The highest BCUT2D eigenvalue weighted by Gasteiger charge is 2.24. The summed E-state index contributed by atoms with van der Waals surface area (Å²) in [7, 11) is 0. The Labute approximate surface area is 209 Å². The lowest BCUT2D eigenvalue weighted by Crippen LogP contribution is -2.19. The Morgan fingerprint density at radius 3 is 2.79 bits per heavy atom. The summed E-state index contributed by atoms with van der Waals surface area (Å²) < 4.78 is 3.03. The van der Waals surface area contributed by atoms with Crippen LogP contribution in [-0.2, 0) is 11.3 Å². The molecule has 164 valence electrons. The van der Waals surface area contributed by atoms with Crippen LogP contribution in [0.15, 0.2) is 87.3 Å². The Bertz CT molecular complexity index is 1460. The molecule has 7 heteroatoms. The van der Waals surface area contributed by atoms with E-state index in [0.717, 1.165) is 27.5 Å². The number of rotatable bonds is 4. The van der Waals surface area contributed by atoms with Crippen molar-refractivity contribution in [1.29, 1.82) is 0 Å². The number of nitrogens with one attached hydrogen (secondary N) is 1. The van der Waals surface area contributed by atoms with E-state index >= 15 is 0 Å². The summed E-state index contributed by atoms with van der Waals surface area (Å²) in [5.74, 6) is -0.155. The molecule has 1 aliphatic rings. The molecule has 4 aromatic rings. The molecule has 0 radical (unpaired) electrons. The Kier molecular flexibility index (Phi) is 6.15. The highest BCUT2D eigenvalue weighted by molar-refractivity contribution is 9.10. The van der Waals surface area contributed by atoms with Crippen molar-refractivity contribution in [2.75, 3.05) is 0 Å². The molecule has 1 N–H and O–H groups in total. The molecule has 3 aromatic carbocycles. The third kappa shape index (κ3) is 4.78. The van der Waals surface area contributed by atoms with Gasteiger partial charge in [-0.2, -0.15) is 0 Å². The van der Waals surface area contributed by atoms with Crippen molar-refractivity contribution >= 4 is 73.0 Å². The van der Waals surface area contributed by atoms with Gasteiger partial charge in [-0.1, -0.05) is 59.6 Å². The van der Waals surface area contributed by atoms with E-state index in [9.17, 15) is 4.79 Å². The number of para-hydroxylation sites is 1. The molecular weight excluding hydrogens is 518 g/mol. The van der Waals surface area contributed by atoms with Gasteiger partial charge in [0.25, 0.3) is 5.91 Å². The van der Waals surface area contributed by atoms with E-state index in [1.54, 1.807) is 6.07 Å². The maximum Gasteiger partial charge on any atom is 0.264 e. The fourth-order valence-electron chi connectivity index (χ4n) is 3.82. The van der Waals surface area contributed by atoms with Crippen LogP contribution in [0.5, 0.6) is 0 Å². The van der Waals surface area contributed by atoms with Crippen LogP contribution < -0.4 is 5.32 Å². The van der Waals surface area contributed by atoms with E-state index in [4.69, 9.17) is 11.6 Å². The van der Waals surface area contributed by atoms with E-state index in [0.29, 0.717) is 20.8 Å². The Morgan fingerprint density at radius 2 is 1.97 bits per heavy atom. The van der Waals surface area contributed by atoms with Crippen molar-refractivity contribution in [1.82, 2.24) is 9.88 Å². The van der Waals surface area contributed by atoms with Gasteiger partial charge < -0.3 is 9.88 Å². The molecule has 1 aromatic heterocycles. The van der Waals surface area contributed by atoms with Gasteiger partial charge in [0.05, 0.1) is 15.6 Å². The van der Waals surface area contributed by atoms with Crippen LogP contribution in [0.4, 0.5) is 5.69 Å². The molecule has 1 saturated heterocycles. The lowest BCUT2D eigenvalue weighted by molar-refractivity contribution is -0.115. The number of hydrogen-bond acceptors (Lipinski definition) is 3. The van der Waals surface area contributed by atoms with Gasteiger partial charge in [0, 0.05) is 33.7 Å². The fourth-order valence-corrected chi connectivity index (χ4v) is 5.08. The van der Waals surface area contributed by atoms with Crippen molar-refractivity contribution in [2.45, 2.75) is 13.5 Å². The molecule has 2 heterocycles. The monoisotopic (exact) mass is 535 g/mol. The third-order valence-corrected chi connectivity index (χ3v) is 7.47. The maximum absolute atomic E-state index is 12.7. The normalized spacial score (nSPS) is 16.2. The van der Waals surface area contributed by atoms with Crippen molar-refractivity contribution in [3.8, 4) is 0 Å². The first kappa shape index (κ1) is 22.0. The van der Waals surface area contributed by atoms with Gasteiger partial charge in [-0.05, 0) is 70.5 Å². The quantitative estimate of drug-likeness (QED) is 0.278. The Morgan fingerprint density at radius 1 is 1.12 bits per heavy atom. The smallest absolute Gasteiger partial charge is 0.264 e. The molecule has 0 aliphatic carbocycles. The number of amides is 1. The number of hydrogen-bond donors (Lipinski definition) is 1. The van der Waals surface area contributed by atoms with E-state index < -0.39 is 0 Å². The minimum Gasteiger partial charge on any atom is -0.342 e. The number of halogens is 2. The number of fused-ring (bicyclic) bond motifs is 1. The number of benzene rings is 3. The average Bonchev–Trinajstić information content (AvgIpc) is 3.31. The van der Waals surface area contributed by atoms with Gasteiger partial charge in [-0.3, -0.25) is 4.79 Å². The molecule has 1 amide bonds. The summed E-state index contributed by atoms with van der Waals surface area (Å²) in [4.78, 5) is 17.8. The molecule has 0 saturated carbocycles. The summed E-state index contributed by atoms with van der Waals surface area (Å²) in [5, 5.41) is 5.07. The second kappa shape index (κ2) is 9.21. The molecule has 0 spiro atoms. The number of thioether (sulfide) groups is 1. The zero-order chi connectivity index (χ0) is 22.9. The molecule has 0 bridgehead atoms. The summed E-state index contributed by atoms with van der Waals surface area (Å²) >= 11 is 10.9. The predicted molar refractivity (Wildman–Crippen MR) is 142 cm³/mol. The molecule has 1 fully saturated rings. The average molecular weight is 537 g/mol. The zero-order valence-electron chi connectivity index (χ0n) is 17.7. The van der Waals surface area contributed by atoms with E-state index in [-0.39, 0.29) is 5.91 Å². The summed E-state index contributed by atoms with van der Waals surface area (Å²) in [6, 6.07) is 22.2. The van der Waals surface area contributed by atoms with Crippen molar-refractivity contribution in [3.05, 3.63) is 104 Å². The summed E-state index contributed by atoms with van der Waals surface area (Å²) in [6.07, 6.45) is 4.05. The number of carbonyl (C=O) groups is 1. The first-order valence-electron chi connectivity index (χ1n) is 10.3. The zero-order valence-corrected chi connectivity index (χ0v) is 20.8.